The second-order valence-electron chi connectivity index (χ2n) is 4.11. The summed E-state index contributed by atoms with van der Waals surface area (Å²) in [4.78, 5) is 4.49. The first-order valence-electron chi connectivity index (χ1n) is 5.51. The zero-order valence-corrected chi connectivity index (χ0v) is 8.61. The zero-order chi connectivity index (χ0) is 10.1. The molecule has 0 aliphatic carbocycles. The normalized spacial score (nSPS) is 20.9. The summed E-state index contributed by atoms with van der Waals surface area (Å²) in [6.07, 6.45) is 4.52. The first kappa shape index (κ1) is 8.86. The van der Waals surface area contributed by atoms with Crippen molar-refractivity contribution in [2.45, 2.75) is 18.9 Å². The van der Waals surface area contributed by atoms with Gasteiger partial charge in [-0.05, 0) is 37.1 Å². The van der Waals surface area contributed by atoms with Crippen molar-refractivity contribution in [3.05, 3.63) is 42.1 Å². The minimum absolute atomic E-state index is 0.516. The van der Waals surface area contributed by atoms with Gasteiger partial charge in [0.2, 0.25) is 0 Å². The number of para-hydroxylation sites is 1. The largest absolute Gasteiger partial charge is 0.310 e. The molecule has 15 heavy (non-hydrogen) atoms. The summed E-state index contributed by atoms with van der Waals surface area (Å²) in [5.74, 6) is 0. The predicted octanol–water partition coefficient (Wildman–Crippen LogP) is 2.66. The van der Waals surface area contributed by atoms with E-state index in [-0.39, 0.29) is 0 Å². The minimum atomic E-state index is 0.516. The lowest BCUT2D eigenvalue weighted by molar-refractivity contribution is 0.646. The van der Waals surface area contributed by atoms with Crippen molar-refractivity contribution in [1.29, 1.82) is 0 Å². The summed E-state index contributed by atoms with van der Waals surface area (Å²) in [6.45, 7) is 1.14. The van der Waals surface area contributed by atoms with E-state index in [1.165, 1.54) is 23.8 Å². The maximum Gasteiger partial charge on any atom is 0.0702 e. The van der Waals surface area contributed by atoms with Gasteiger partial charge in [-0.3, -0.25) is 4.98 Å². The van der Waals surface area contributed by atoms with E-state index >= 15 is 0 Å². The number of benzene rings is 1. The monoisotopic (exact) mass is 198 g/mol. The number of rotatable bonds is 1. The molecule has 3 rings (SSSR count). The average Bonchev–Trinajstić information content (AvgIpc) is 2.82. The summed E-state index contributed by atoms with van der Waals surface area (Å²) in [6, 6.07) is 11.0. The highest BCUT2D eigenvalue weighted by atomic mass is 14.9. The Labute approximate surface area is 89.3 Å². The molecule has 0 radical (unpaired) electrons. The molecule has 1 aliphatic heterocycles. The van der Waals surface area contributed by atoms with Crippen molar-refractivity contribution < 1.29 is 0 Å². The van der Waals surface area contributed by atoms with Gasteiger partial charge >= 0.3 is 0 Å². The third-order valence-corrected chi connectivity index (χ3v) is 3.07. The molecule has 0 saturated carbocycles. The van der Waals surface area contributed by atoms with Crippen LogP contribution in [0, 0.1) is 0 Å². The summed E-state index contributed by atoms with van der Waals surface area (Å²) in [5.41, 5.74) is 2.41. The first-order valence-corrected chi connectivity index (χ1v) is 5.51. The van der Waals surface area contributed by atoms with Crippen molar-refractivity contribution in [2.75, 3.05) is 6.54 Å². The quantitative estimate of drug-likeness (QED) is 0.762. The highest BCUT2D eigenvalue weighted by molar-refractivity contribution is 5.78. The van der Waals surface area contributed by atoms with Crippen molar-refractivity contribution in [3.8, 4) is 0 Å². The van der Waals surface area contributed by atoms with E-state index in [4.69, 9.17) is 0 Å². The van der Waals surface area contributed by atoms with Crippen LogP contribution in [0.1, 0.15) is 24.4 Å². The Hall–Kier alpha value is -1.41. The highest BCUT2D eigenvalue weighted by Gasteiger charge is 2.16. The topological polar surface area (TPSA) is 24.9 Å². The number of hydrogen-bond donors (Lipinski definition) is 1. The fourth-order valence-corrected chi connectivity index (χ4v) is 2.25. The molecule has 1 atom stereocenters. The fourth-order valence-electron chi connectivity index (χ4n) is 2.25. The van der Waals surface area contributed by atoms with E-state index in [2.05, 4.69) is 34.6 Å². The van der Waals surface area contributed by atoms with Crippen LogP contribution in [0.4, 0.5) is 0 Å². The van der Waals surface area contributed by atoms with Crippen LogP contribution >= 0.6 is 0 Å². The van der Waals surface area contributed by atoms with Crippen molar-refractivity contribution in [2.24, 2.45) is 0 Å². The Morgan fingerprint density at radius 1 is 1.27 bits per heavy atom. The first-order chi connectivity index (χ1) is 7.43. The van der Waals surface area contributed by atoms with Crippen LogP contribution in [-0.2, 0) is 0 Å². The van der Waals surface area contributed by atoms with Crippen LogP contribution in [0.2, 0.25) is 0 Å². The number of nitrogens with zero attached hydrogens (tertiary/aromatic N) is 1. The maximum absolute atomic E-state index is 4.49. The number of aromatic nitrogens is 1. The SMILES string of the molecule is c1ccc2ncc([C@H]3CCCN3)cc2c1. The van der Waals surface area contributed by atoms with E-state index in [1.807, 2.05) is 12.3 Å². The van der Waals surface area contributed by atoms with Gasteiger partial charge in [0.25, 0.3) is 0 Å². The fraction of sp³-hybridized carbons (Fsp3) is 0.308. The molecule has 2 nitrogen and oxygen atoms in total. The lowest BCUT2D eigenvalue weighted by Gasteiger charge is -2.10. The Balaban J connectivity index is 2.05. The van der Waals surface area contributed by atoms with Crippen LogP contribution in [0.15, 0.2) is 36.5 Å². The predicted molar refractivity (Wildman–Crippen MR) is 61.7 cm³/mol. The molecule has 76 valence electrons. The minimum Gasteiger partial charge on any atom is -0.310 e. The molecule has 0 bridgehead atoms. The van der Waals surface area contributed by atoms with Crippen LogP contribution in [0.3, 0.4) is 0 Å². The lowest BCUT2D eigenvalue weighted by Crippen LogP contribution is -2.12. The Morgan fingerprint density at radius 2 is 2.20 bits per heavy atom. The lowest BCUT2D eigenvalue weighted by atomic mass is 10.1. The molecule has 1 fully saturated rings. The third kappa shape index (κ3) is 1.61. The number of nitrogens with one attached hydrogen (secondary N) is 1. The molecule has 2 aromatic rings. The molecular formula is C13H14N2. The van der Waals surface area contributed by atoms with E-state index in [1.54, 1.807) is 0 Å². The van der Waals surface area contributed by atoms with Gasteiger partial charge in [0.05, 0.1) is 5.52 Å². The molecule has 0 unspecified atom stereocenters. The third-order valence-electron chi connectivity index (χ3n) is 3.07. The van der Waals surface area contributed by atoms with Crippen molar-refractivity contribution in [3.63, 3.8) is 0 Å². The highest BCUT2D eigenvalue weighted by Crippen LogP contribution is 2.24. The second-order valence-corrected chi connectivity index (χ2v) is 4.11. The van der Waals surface area contributed by atoms with Gasteiger partial charge in [0, 0.05) is 17.6 Å². The van der Waals surface area contributed by atoms with Gasteiger partial charge < -0.3 is 5.32 Å². The number of hydrogen-bond acceptors (Lipinski definition) is 2. The molecule has 0 spiro atoms. The van der Waals surface area contributed by atoms with Gasteiger partial charge in [-0.25, -0.2) is 0 Å². The Morgan fingerprint density at radius 3 is 3.07 bits per heavy atom. The van der Waals surface area contributed by atoms with Gasteiger partial charge in [-0.15, -0.1) is 0 Å². The van der Waals surface area contributed by atoms with E-state index < -0.39 is 0 Å². The molecule has 1 aliphatic rings. The summed E-state index contributed by atoms with van der Waals surface area (Å²) in [5, 5.41) is 4.74. The van der Waals surface area contributed by atoms with Crippen LogP contribution in [0.25, 0.3) is 10.9 Å². The molecule has 1 N–H and O–H groups in total. The molecular weight excluding hydrogens is 184 g/mol. The van der Waals surface area contributed by atoms with E-state index in [0.29, 0.717) is 6.04 Å². The number of pyridine rings is 1. The molecule has 2 heterocycles. The van der Waals surface area contributed by atoms with Gasteiger partial charge in [0.15, 0.2) is 0 Å². The Bertz CT molecular complexity index is 473. The van der Waals surface area contributed by atoms with Crippen LogP contribution in [0.5, 0.6) is 0 Å². The van der Waals surface area contributed by atoms with Crippen LogP contribution in [-0.4, -0.2) is 11.5 Å². The molecule has 1 saturated heterocycles. The molecule has 0 amide bonds. The number of fused-ring (bicyclic) bond motifs is 1. The van der Waals surface area contributed by atoms with Crippen molar-refractivity contribution in [1.82, 2.24) is 10.3 Å². The van der Waals surface area contributed by atoms with Crippen LogP contribution < -0.4 is 5.32 Å². The zero-order valence-electron chi connectivity index (χ0n) is 8.61. The van der Waals surface area contributed by atoms with E-state index in [9.17, 15) is 0 Å². The standard InChI is InChI=1S/C13H14N2/c1-2-5-12-10(4-1)8-11(9-15-12)13-6-3-7-14-13/h1-2,4-5,8-9,13-14H,3,6-7H2/t13-/m1/s1. The molecule has 2 heteroatoms. The Kier molecular flexibility index (Phi) is 2.14. The average molecular weight is 198 g/mol. The van der Waals surface area contributed by atoms with Gasteiger partial charge in [-0.1, -0.05) is 18.2 Å². The van der Waals surface area contributed by atoms with Gasteiger partial charge in [-0.2, -0.15) is 0 Å². The second kappa shape index (κ2) is 3.63. The van der Waals surface area contributed by atoms with E-state index in [0.717, 1.165) is 12.1 Å². The smallest absolute Gasteiger partial charge is 0.0702 e. The molecule has 1 aromatic carbocycles. The molecule has 1 aromatic heterocycles. The maximum atomic E-state index is 4.49. The summed E-state index contributed by atoms with van der Waals surface area (Å²) >= 11 is 0. The summed E-state index contributed by atoms with van der Waals surface area (Å²) < 4.78 is 0. The summed E-state index contributed by atoms with van der Waals surface area (Å²) in [7, 11) is 0. The van der Waals surface area contributed by atoms with Crippen molar-refractivity contribution >= 4 is 10.9 Å². The van der Waals surface area contributed by atoms with Gasteiger partial charge in [0.1, 0.15) is 0 Å².